The number of hydrogen-bond acceptors (Lipinski definition) is 4. The Hall–Kier alpha value is -0.160. The van der Waals surface area contributed by atoms with Gasteiger partial charge in [-0.05, 0) is 19.3 Å². The summed E-state index contributed by atoms with van der Waals surface area (Å²) in [5, 5.41) is 23.5. The maximum atomic E-state index is 10.5. The molecule has 0 aromatic rings. The standard InChI is InChI=1S/C17H35NO3/c1-2-3-4-9-12-21-14-16(19)13-18-15-17(20)10-7-5-6-8-11-17/h16,18-20H,2-15H2,1H3. The van der Waals surface area contributed by atoms with Gasteiger partial charge in [0.05, 0.1) is 18.3 Å². The van der Waals surface area contributed by atoms with Crippen molar-refractivity contribution in [3.63, 3.8) is 0 Å². The molecule has 1 unspecified atom stereocenters. The molecule has 21 heavy (non-hydrogen) atoms. The van der Waals surface area contributed by atoms with Crippen LogP contribution in [-0.2, 0) is 4.74 Å². The number of aliphatic hydroxyl groups is 2. The third-order valence-electron chi connectivity index (χ3n) is 4.32. The molecule has 0 aromatic carbocycles. The van der Waals surface area contributed by atoms with Crippen molar-refractivity contribution in [3.8, 4) is 0 Å². The van der Waals surface area contributed by atoms with E-state index >= 15 is 0 Å². The highest BCUT2D eigenvalue weighted by molar-refractivity contribution is 4.83. The van der Waals surface area contributed by atoms with Crippen LogP contribution in [0.4, 0.5) is 0 Å². The molecule has 0 saturated heterocycles. The van der Waals surface area contributed by atoms with E-state index in [-0.39, 0.29) is 0 Å². The molecule has 4 heteroatoms. The Morgan fingerprint density at radius 1 is 1.10 bits per heavy atom. The van der Waals surface area contributed by atoms with Gasteiger partial charge >= 0.3 is 0 Å². The van der Waals surface area contributed by atoms with Crippen LogP contribution in [0.3, 0.4) is 0 Å². The van der Waals surface area contributed by atoms with Crippen molar-refractivity contribution < 1.29 is 14.9 Å². The maximum Gasteiger partial charge on any atom is 0.0897 e. The second-order valence-corrected chi connectivity index (χ2v) is 6.56. The van der Waals surface area contributed by atoms with E-state index in [1.165, 1.54) is 32.1 Å². The average molecular weight is 301 g/mol. The van der Waals surface area contributed by atoms with Crippen LogP contribution in [0, 0.1) is 0 Å². The minimum atomic E-state index is -0.572. The van der Waals surface area contributed by atoms with Crippen LogP contribution in [0.15, 0.2) is 0 Å². The van der Waals surface area contributed by atoms with Gasteiger partial charge in [0.1, 0.15) is 0 Å². The molecular weight excluding hydrogens is 266 g/mol. The first-order valence-electron chi connectivity index (χ1n) is 8.85. The van der Waals surface area contributed by atoms with Crippen molar-refractivity contribution in [2.75, 3.05) is 26.3 Å². The van der Waals surface area contributed by atoms with Crippen molar-refractivity contribution in [2.45, 2.75) is 82.8 Å². The largest absolute Gasteiger partial charge is 0.389 e. The van der Waals surface area contributed by atoms with Gasteiger partial charge in [-0.15, -0.1) is 0 Å². The quantitative estimate of drug-likeness (QED) is 0.405. The molecule has 126 valence electrons. The first-order chi connectivity index (χ1) is 10.2. The third kappa shape index (κ3) is 9.46. The lowest BCUT2D eigenvalue weighted by Crippen LogP contribution is -2.43. The minimum absolute atomic E-state index is 0.386. The van der Waals surface area contributed by atoms with Crippen molar-refractivity contribution >= 4 is 0 Å². The second-order valence-electron chi connectivity index (χ2n) is 6.56. The van der Waals surface area contributed by atoms with Crippen molar-refractivity contribution in [1.82, 2.24) is 5.32 Å². The number of aliphatic hydroxyl groups excluding tert-OH is 1. The van der Waals surface area contributed by atoms with Gasteiger partial charge in [0.15, 0.2) is 0 Å². The predicted molar refractivity (Wildman–Crippen MR) is 86.5 cm³/mol. The fourth-order valence-electron chi connectivity index (χ4n) is 2.94. The lowest BCUT2D eigenvalue weighted by atomic mass is 9.94. The van der Waals surface area contributed by atoms with Gasteiger partial charge < -0.3 is 20.3 Å². The fourth-order valence-corrected chi connectivity index (χ4v) is 2.94. The number of rotatable bonds is 11. The van der Waals surface area contributed by atoms with E-state index in [0.717, 1.165) is 38.7 Å². The monoisotopic (exact) mass is 301 g/mol. The molecule has 1 atom stereocenters. The molecule has 4 nitrogen and oxygen atoms in total. The number of nitrogens with one attached hydrogen (secondary N) is 1. The zero-order valence-electron chi connectivity index (χ0n) is 13.8. The highest BCUT2D eigenvalue weighted by Gasteiger charge is 2.27. The van der Waals surface area contributed by atoms with Gasteiger partial charge in [-0.1, -0.05) is 51.9 Å². The van der Waals surface area contributed by atoms with E-state index in [2.05, 4.69) is 12.2 Å². The van der Waals surface area contributed by atoms with Crippen LogP contribution in [0.5, 0.6) is 0 Å². The first kappa shape index (κ1) is 18.9. The number of hydrogen-bond donors (Lipinski definition) is 3. The smallest absolute Gasteiger partial charge is 0.0897 e. The Kier molecular flexibility index (Phi) is 10.3. The highest BCUT2D eigenvalue weighted by atomic mass is 16.5. The molecule has 1 aliphatic rings. The average Bonchev–Trinajstić information content (AvgIpc) is 2.68. The highest BCUT2D eigenvalue weighted by Crippen LogP contribution is 2.26. The minimum Gasteiger partial charge on any atom is -0.389 e. The second kappa shape index (κ2) is 11.4. The van der Waals surface area contributed by atoms with Crippen LogP contribution in [0.1, 0.15) is 71.1 Å². The Balaban J connectivity index is 2.00. The Morgan fingerprint density at radius 2 is 1.81 bits per heavy atom. The normalized spacial score (nSPS) is 20.1. The molecule has 0 radical (unpaired) electrons. The van der Waals surface area contributed by atoms with Crippen molar-refractivity contribution in [3.05, 3.63) is 0 Å². The van der Waals surface area contributed by atoms with E-state index in [1.807, 2.05) is 0 Å². The summed E-state index contributed by atoms with van der Waals surface area (Å²) in [6, 6.07) is 0. The molecule has 3 N–H and O–H groups in total. The summed E-state index contributed by atoms with van der Waals surface area (Å²) in [7, 11) is 0. The van der Waals surface area contributed by atoms with Crippen LogP contribution < -0.4 is 5.32 Å². The molecule has 1 fully saturated rings. The van der Waals surface area contributed by atoms with Crippen LogP contribution in [0.25, 0.3) is 0 Å². The van der Waals surface area contributed by atoms with Gasteiger partial charge in [0.25, 0.3) is 0 Å². The van der Waals surface area contributed by atoms with E-state index in [0.29, 0.717) is 19.7 Å². The van der Waals surface area contributed by atoms with Crippen molar-refractivity contribution in [2.24, 2.45) is 0 Å². The molecule has 1 rings (SSSR count). The molecule has 0 spiro atoms. The Morgan fingerprint density at radius 3 is 2.48 bits per heavy atom. The summed E-state index contributed by atoms with van der Waals surface area (Å²) < 4.78 is 5.48. The van der Waals surface area contributed by atoms with E-state index in [1.54, 1.807) is 0 Å². The fraction of sp³-hybridized carbons (Fsp3) is 1.00. The summed E-state index contributed by atoms with van der Waals surface area (Å²) in [5.41, 5.74) is -0.572. The van der Waals surface area contributed by atoms with Crippen molar-refractivity contribution in [1.29, 1.82) is 0 Å². The molecule has 0 aliphatic heterocycles. The van der Waals surface area contributed by atoms with E-state index in [9.17, 15) is 10.2 Å². The Bertz CT molecular complexity index is 240. The summed E-state index contributed by atoms with van der Waals surface area (Å²) in [6.07, 6.45) is 10.7. The van der Waals surface area contributed by atoms with Crippen LogP contribution >= 0.6 is 0 Å². The summed E-state index contributed by atoms with van der Waals surface area (Å²) in [5.74, 6) is 0. The lowest BCUT2D eigenvalue weighted by Gasteiger charge is -2.27. The molecule has 0 bridgehead atoms. The van der Waals surface area contributed by atoms with Gasteiger partial charge in [0.2, 0.25) is 0 Å². The molecule has 0 aromatic heterocycles. The molecule has 1 saturated carbocycles. The SMILES string of the molecule is CCCCCCOCC(O)CNCC1(O)CCCCCC1. The zero-order valence-corrected chi connectivity index (χ0v) is 13.8. The lowest BCUT2D eigenvalue weighted by molar-refractivity contribution is 0.0117. The summed E-state index contributed by atoms with van der Waals surface area (Å²) >= 11 is 0. The van der Waals surface area contributed by atoms with E-state index in [4.69, 9.17) is 4.74 Å². The number of ether oxygens (including phenoxy) is 1. The van der Waals surface area contributed by atoms with E-state index < -0.39 is 11.7 Å². The molecule has 0 heterocycles. The van der Waals surface area contributed by atoms with Crippen LogP contribution in [0.2, 0.25) is 0 Å². The topological polar surface area (TPSA) is 61.7 Å². The molecule has 0 amide bonds. The first-order valence-corrected chi connectivity index (χ1v) is 8.85. The third-order valence-corrected chi connectivity index (χ3v) is 4.32. The van der Waals surface area contributed by atoms with Crippen LogP contribution in [-0.4, -0.2) is 48.2 Å². The zero-order chi connectivity index (χ0) is 15.4. The summed E-state index contributed by atoms with van der Waals surface area (Å²) in [4.78, 5) is 0. The van der Waals surface area contributed by atoms with Gasteiger partial charge in [-0.3, -0.25) is 0 Å². The van der Waals surface area contributed by atoms with Gasteiger partial charge in [-0.2, -0.15) is 0 Å². The van der Waals surface area contributed by atoms with Gasteiger partial charge in [-0.25, -0.2) is 0 Å². The predicted octanol–water partition coefficient (Wildman–Crippen LogP) is 2.62. The molecule has 1 aliphatic carbocycles. The Labute approximate surface area is 130 Å². The maximum absolute atomic E-state index is 10.5. The van der Waals surface area contributed by atoms with Gasteiger partial charge in [0, 0.05) is 19.7 Å². The number of unbranched alkanes of at least 4 members (excludes halogenated alkanes) is 3. The summed E-state index contributed by atoms with van der Waals surface area (Å²) in [6.45, 7) is 4.40. The molecular formula is C17H35NO3.